The van der Waals surface area contributed by atoms with Gasteiger partial charge in [-0.25, -0.2) is 9.50 Å². The standard InChI is InChI=1S/C26H35N5O2/c1-17(2)27-26(32)13-12-21-18(3)28-25-15-22(29-31(25)19(21)4)23-10-8-14-30(23)16-20-9-6-7-11-24(20)33-5/h6-7,9,11,15,17,23H,8,10,12-14,16H2,1-5H3,(H,27,32). The van der Waals surface area contributed by atoms with Gasteiger partial charge in [0.2, 0.25) is 5.91 Å². The second-order valence-corrected chi connectivity index (χ2v) is 9.26. The zero-order chi connectivity index (χ0) is 23.5. The number of methoxy groups -OCH3 is 1. The predicted octanol–water partition coefficient (Wildman–Crippen LogP) is 4.15. The third kappa shape index (κ3) is 5.03. The number of nitrogens with one attached hydrogen (secondary N) is 1. The van der Waals surface area contributed by atoms with Crippen LogP contribution in [0.4, 0.5) is 0 Å². The average Bonchev–Trinajstić information content (AvgIpc) is 3.40. The van der Waals surface area contributed by atoms with Gasteiger partial charge >= 0.3 is 0 Å². The van der Waals surface area contributed by atoms with E-state index in [1.54, 1.807) is 7.11 Å². The summed E-state index contributed by atoms with van der Waals surface area (Å²) in [4.78, 5) is 19.5. The number of aromatic nitrogens is 3. The Balaban J connectivity index is 1.57. The summed E-state index contributed by atoms with van der Waals surface area (Å²) in [7, 11) is 1.73. The summed E-state index contributed by atoms with van der Waals surface area (Å²) >= 11 is 0. The van der Waals surface area contributed by atoms with E-state index in [0.29, 0.717) is 12.8 Å². The van der Waals surface area contributed by atoms with Gasteiger partial charge in [0.25, 0.3) is 0 Å². The molecule has 7 nitrogen and oxygen atoms in total. The van der Waals surface area contributed by atoms with Gasteiger partial charge in [-0.2, -0.15) is 5.10 Å². The molecule has 1 amide bonds. The number of likely N-dealkylation sites (tertiary alicyclic amines) is 1. The first kappa shape index (κ1) is 23.2. The van der Waals surface area contributed by atoms with Gasteiger partial charge in [0.05, 0.1) is 18.8 Å². The van der Waals surface area contributed by atoms with Crippen LogP contribution in [0.3, 0.4) is 0 Å². The number of carbonyl (C=O) groups is 1. The van der Waals surface area contributed by atoms with Crippen LogP contribution >= 0.6 is 0 Å². The smallest absolute Gasteiger partial charge is 0.220 e. The summed E-state index contributed by atoms with van der Waals surface area (Å²) in [6.45, 7) is 9.94. The molecule has 2 aromatic heterocycles. The minimum atomic E-state index is 0.0722. The molecule has 0 spiro atoms. The molecule has 7 heteroatoms. The number of para-hydroxylation sites is 1. The molecule has 0 aliphatic carbocycles. The predicted molar refractivity (Wildman–Crippen MR) is 129 cm³/mol. The summed E-state index contributed by atoms with van der Waals surface area (Å²) in [5.74, 6) is 1.00. The molecule has 1 fully saturated rings. The number of hydrogen-bond acceptors (Lipinski definition) is 5. The third-order valence-electron chi connectivity index (χ3n) is 6.51. The van der Waals surface area contributed by atoms with E-state index in [9.17, 15) is 4.79 Å². The molecular weight excluding hydrogens is 414 g/mol. The molecule has 0 radical (unpaired) electrons. The van der Waals surface area contributed by atoms with Crippen molar-refractivity contribution in [3.8, 4) is 5.75 Å². The Morgan fingerprint density at radius 1 is 1.27 bits per heavy atom. The highest BCUT2D eigenvalue weighted by Gasteiger charge is 2.29. The summed E-state index contributed by atoms with van der Waals surface area (Å²) in [6.07, 6.45) is 3.35. The highest BCUT2D eigenvalue weighted by atomic mass is 16.5. The highest BCUT2D eigenvalue weighted by Crippen LogP contribution is 2.34. The number of hydrogen-bond donors (Lipinski definition) is 1. The van der Waals surface area contributed by atoms with E-state index in [2.05, 4.69) is 35.3 Å². The number of benzene rings is 1. The van der Waals surface area contributed by atoms with Crippen molar-refractivity contribution >= 4 is 11.6 Å². The van der Waals surface area contributed by atoms with Crippen molar-refractivity contribution in [2.75, 3.05) is 13.7 Å². The molecule has 1 aromatic carbocycles. The quantitative estimate of drug-likeness (QED) is 0.559. The molecule has 3 heterocycles. The first-order valence-corrected chi connectivity index (χ1v) is 11.9. The zero-order valence-electron chi connectivity index (χ0n) is 20.4. The van der Waals surface area contributed by atoms with Gasteiger partial charge < -0.3 is 10.1 Å². The Kier molecular flexibility index (Phi) is 6.98. The summed E-state index contributed by atoms with van der Waals surface area (Å²) < 4.78 is 7.52. The van der Waals surface area contributed by atoms with Crippen molar-refractivity contribution in [1.29, 1.82) is 0 Å². The Labute approximate surface area is 196 Å². The summed E-state index contributed by atoms with van der Waals surface area (Å²) in [5.41, 5.74) is 6.28. The van der Waals surface area contributed by atoms with Gasteiger partial charge in [0.15, 0.2) is 5.65 Å². The van der Waals surface area contributed by atoms with Crippen LogP contribution < -0.4 is 10.1 Å². The molecule has 3 aromatic rings. The molecule has 1 saturated heterocycles. The normalized spacial score (nSPS) is 16.6. The van der Waals surface area contributed by atoms with Crippen LogP contribution in [0.2, 0.25) is 0 Å². The van der Waals surface area contributed by atoms with E-state index in [4.69, 9.17) is 14.8 Å². The Morgan fingerprint density at radius 3 is 2.82 bits per heavy atom. The lowest BCUT2D eigenvalue weighted by molar-refractivity contribution is -0.121. The van der Waals surface area contributed by atoms with Crippen LogP contribution in [0.15, 0.2) is 30.3 Å². The van der Waals surface area contributed by atoms with E-state index in [0.717, 1.165) is 60.0 Å². The molecule has 1 N–H and O–H groups in total. The third-order valence-corrected chi connectivity index (χ3v) is 6.51. The largest absolute Gasteiger partial charge is 0.496 e. The lowest BCUT2D eigenvalue weighted by Crippen LogP contribution is -2.30. The summed E-state index contributed by atoms with van der Waals surface area (Å²) in [5, 5.41) is 7.95. The molecular formula is C26H35N5O2. The molecule has 1 aliphatic rings. The van der Waals surface area contributed by atoms with Crippen LogP contribution in [0, 0.1) is 13.8 Å². The number of aryl methyl sites for hydroxylation is 2. The van der Waals surface area contributed by atoms with Crippen LogP contribution in [-0.2, 0) is 17.8 Å². The molecule has 0 saturated carbocycles. The fourth-order valence-electron chi connectivity index (χ4n) is 4.90. The van der Waals surface area contributed by atoms with Crippen molar-refractivity contribution in [2.45, 2.75) is 72.0 Å². The molecule has 0 bridgehead atoms. The summed E-state index contributed by atoms with van der Waals surface area (Å²) in [6, 6.07) is 10.8. The molecule has 33 heavy (non-hydrogen) atoms. The van der Waals surface area contributed by atoms with E-state index in [-0.39, 0.29) is 18.0 Å². The minimum Gasteiger partial charge on any atom is -0.496 e. The minimum absolute atomic E-state index is 0.0722. The molecule has 1 unspecified atom stereocenters. The second kappa shape index (κ2) is 9.91. The number of nitrogens with zero attached hydrogens (tertiary/aromatic N) is 4. The van der Waals surface area contributed by atoms with Crippen LogP contribution in [-0.4, -0.2) is 45.1 Å². The van der Waals surface area contributed by atoms with Crippen molar-refractivity contribution < 1.29 is 9.53 Å². The van der Waals surface area contributed by atoms with Gasteiger partial charge in [0, 0.05) is 42.0 Å². The number of rotatable bonds is 8. The SMILES string of the molecule is COc1ccccc1CN1CCCC1c1cc2nc(C)c(CCC(=O)NC(C)C)c(C)n2n1. The average molecular weight is 450 g/mol. The van der Waals surface area contributed by atoms with Gasteiger partial charge in [-0.1, -0.05) is 18.2 Å². The van der Waals surface area contributed by atoms with Gasteiger partial charge in [0.1, 0.15) is 5.75 Å². The molecule has 1 aliphatic heterocycles. The maximum Gasteiger partial charge on any atom is 0.220 e. The van der Waals surface area contributed by atoms with E-state index >= 15 is 0 Å². The fourth-order valence-corrected chi connectivity index (χ4v) is 4.90. The molecule has 1 atom stereocenters. The van der Waals surface area contributed by atoms with Crippen molar-refractivity contribution in [3.63, 3.8) is 0 Å². The Morgan fingerprint density at radius 2 is 2.06 bits per heavy atom. The highest BCUT2D eigenvalue weighted by molar-refractivity contribution is 5.76. The van der Waals surface area contributed by atoms with Gasteiger partial charge in [-0.05, 0) is 65.1 Å². The monoisotopic (exact) mass is 449 g/mol. The van der Waals surface area contributed by atoms with Crippen LogP contribution in [0.5, 0.6) is 5.75 Å². The maximum atomic E-state index is 12.2. The fraction of sp³-hybridized carbons (Fsp3) is 0.500. The van der Waals surface area contributed by atoms with E-state index < -0.39 is 0 Å². The lowest BCUT2D eigenvalue weighted by Gasteiger charge is -2.23. The van der Waals surface area contributed by atoms with Crippen molar-refractivity contribution in [2.24, 2.45) is 0 Å². The van der Waals surface area contributed by atoms with Crippen molar-refractivity contribution in [3.05, 3.63) is 58.5 Å². The van der Waals surface area contributed by atoms with Gasteiger partial charge in [-0.15, -0.1) is 0 Å². The van der Waals surface area contributed by atoms with E-state index in [1.807, 2.05) is 37.4 Å². The number of carbonyl (C=O) groups excluding carboxylic acids is 1. The van der Waals surface area contributed by atoms with E-state index in [1.165, 1.54) is 5.56 Å². The first-order chi connectivity index (χ1) is 15.9. The van der Waals surface area contributed by atoms with Crippen molar-refractivity contribution in [1.82, 2.24) is 24.8 Å². The molecule has 4 rings (SSSR count). The van der Waals surface area contributed by atoms with Gasteiger partial charge in [-0.3, -0.25) is 9.69 Å². The number of ether oxygens (including phenoxy) is 1. The first-order valence-electron chi connectivity index (χ1n) is 11.9. The van der Waals surface area contributed by atoms with Crippen LogP contribution in [0.25, 0.3) is 5.65 Å². The topological polar surface area (TPSA) is 71.8 Å². The Hall–Kier alpha value is -2.93. The maximum absolute atomic E-state index is 12.2. The second-order valence-electron chi connectivity index (χ2n) is 9.26. The molecule has 176 valence electrons. The number of amides is 1. The zero-order valence-corrected chi connectivity index (χ0v) is 20.4. The van der Waals surface area contributed by atoms with Crippen LogP contribution in [0.1, 0.15) is 67.4 Å². The number of fused-ring (bicyclic) bond motifs is 1. The lowest BCUT2D eigenvalue weighted by atomic mass is 10.1. The Bertz CT molecular complexity index is 1140.